The zero-order valence-electron chi connectivity index (χ0n) is 12.3. The van der Waals surface area contributed by atoms with Crippen LogP contribution in [0.2, 0.25) is 0 Å². The van der Waals surface area contributed by atoms with Crippen molar-refractivity contribution in [3.05, 3.63) is 35.4 Å². The Balaban J connectivity index is 2.37. The average Bonchev–Trinajstić information content (AvgIpc) is 2.37. The Morgan fingerprint density at radius 3 is 2.21 bits per heavy atom. The molecule has 1 unspecified atom stereocenters. The molecule has 0 aliphatic heterocycles. The minimum Gasteiger partial charge on any atom is -0.394 e. The van der Waals surface area contributed by atoms with E-state index in [1.165, 1.54) is 11.1 Å². The largest absolute Gasteiger partial charge is 0.394 e. The average molecular weight is 265 g/mol. The molecule has 1 aromatic carbocycles. The van der Waals surface area contributed by atoms with Crippen molar-refractivity contribution in [2.24, 2.45) is 5.92 Å². The summed E-state index contributed by atoms with van der Waals surface area (Å²) in [6, 6.07) is 8.79. The molecule has 0 bridgehead atoms. The van der Waals surface area contributed by atoms with Gasteiger partial charge in [-0.15, -0.1) is 0 Å². The van der Waals surface area contributed by atoms with Crippen molar-refractivity contribution in [3.63, 3.8) is 0 Å². The van der Waals surface area contributed by atoms with Gasteiger partial charge in [0, 0.05) is 13.1 Å². The fourth-order valence-electron chi connectivity index (χ4n) is 2.14. The molecule has 0 heterocycles. The smallest absolute Gasteiger partial charge is 0.0897 e. The van der Waals surface area contributed by atoms with Crippen LogP contribution in [0.25, 0.3) is 0 Å². The van der Waals surface area contributed by atoms with Crippen molar-refractivity contribution in [2.45, 2.75) is 32.8 Å². The summed E-state index contributed by atoms with van der Waals surface area (Å²) in [7, 11) is 1.96. The molecule has 0 aliphatic rings. The van der Waals surface area contributed by atoms with Gasteiger partial charge in [-0.05, 0) is 36.9 Å². The Hall–Kier alpha value is -0.900. The van der Waals surface area contributed by atoms with Crippen molar-refractivity contribution < 1.29 is 10.2 Å². The lowest BCUT2D eigenvalue weighted by atomic mass is 10.0. The van der Waals surface area contributed by atoms with Crippen LogP contribution in [0.4, 0.5) is 0 Å². The van der Waals surface area contributed by atoms with Gasteiger partial charge in [0.05, 0.1) is 12.7 Å². The number of hydrogen-bond donors (Lipinski definition) is 2. The summed E-state index contributed by atoms with van der Waals surface area (Å²) in [6.07, 6.45) is 1.46. The summed E-state index contributed by atoms with van der Waals surface area (Å²) in [6.45, 7) is 5.70. The maximum absolute atomic E-state index is 9.35. The van der Waals surface area contributed by atoms with E-state index in [2.05, 4.69) is 38.1 Å². The molecule has 3 heteroatoms. The molecule has 0 saturated heterocycles. The maximum atomic E-state index is 9.35. The van der Waals surface area contributed by atoms with E-state index in [9.17, 15) is 5.11 Å². The van der Waals surface area contributed by atoms with Crippen molar-refractivity contribution in [3.8, 4) is 0 Å². The summed E-state index contributed by atoms with van der Waals surface area (Å²) in [4.78, 5) is 2.04. The lowest BCUT2D eigenvalue weighted by Gasteiger charge is -2.19. The molecule has 19 heavy (non-hydrogen) atoms. The summed E-state index contributed by atoms with van der Waals surface area (Å²) in [5.41, 5.74) is 2.71. The lowest BCUT2D eigenvalue weighted by molar-refractivity contribution is 0.0669. The van der Waals surface area contributed by atoms with Gasteiger partial charge in [-0.3, -0.25) is 0 Å². The topological polar surface area (TPSA) is 43.7 Å². The molecule has 0 amide bonds. The van der Waals surface area contributed by atoms with E-state index in [-0.39, 0.29) is 6.61 Å². The zero-order valence-corrected chi connectivity index (χ0v) is 12.3. The number of hydrogen-bond acceptors (Lipinski definition) is 3. The predicted molar refractivity (Wildman–Crippen MR) is 79.3 cm³/mol. The second-order valence-electron chi connectivity index (χ2n) is 5.76. The molecule has 3 nitrogen and oxygen atoms in total. The van der Waals surface area contributed by atoms with E-state index >= 15 is 0 Å². The van der Waals surface area contributed by atoms with Gasteiger partial charge in [0.2, 0.25) is 0 Å². The van der Waals surface area contributed by atoms with Crippen LogP contribution in [0.1, 0.15) is 25.0 Å². The fraction of sp³-hybridized carbons (Fsp3) is 0.625. The van der Waals surface area contributed by atoms with Crippen molar-refractivity contribution in [1.82, 2.24) is 4.90 Å². The van der Waals surface area contributed by atoms with Gasteiger partial charge >= 0.3 is 0 Å². The number of aliphatic hydroxyl groups is 2. The SMILES string of the molecule is CC(C)Cc1ccc(CCN(C)CC(O)CO)cc1. The van der Waals surface area contributed by atoms with Gasteiger partial charge in [0.25, 0.3) is 0 Å². The first kappa shape index (κ1) is 16.2. The van der Waals surface area contributed by atoms with Gasteiger partial charge in [0.15, 0.2) is 0 Å². The molecule has 0 fully saturated rings. The van der Waals surface area contributed by atoms with E-state index in [0.29, 0.717) is 12.5 Å². The highest BCUT2D eigenvalue weighted by molar-refractivity contribution is 5.23. The van der Waals surface area contributed by atoms with E-state index in [1.807, 2.05) is 11.9 Å². The number of rotatable bonds is 8. The summed E-state index contributed by atoms with van der Waals surface area (Å²) in [5, 5.41) is 18.1. The monoisotopic (exact) mass is 265 g/mol. The van der Waals surface area contributed by atoms with Crippen LogP contribution in [-0.2, 0) is 12.8 Å². The highest BCUT2D eigenvalue weighted by Gasteiger charge is 2.06. The van der Waals surface area contributed by atoms with Crippen LogP contribution in [0.15, 0.2) is 24.3 Å². The first-order valence-electron chi connectivity index (χ1n) is 7.06. The van der Waals surface area contributed by atoms with Crippen molar-refractivity contribution in [1.29, 1.82) is 0 Å². The standard InChI is InChI=1S/C16H27NO2/c1-13(2)10-15-6-4-14(5-7-15)8-9-17(3)11-16(19)12-18/h4-7,13,16,18-19H,8-12H2,1-3H3. The number of nitrogens with zero attached hydrogens (tertiary/aromatic N) is 1. The van der Waals surface area contributed by atoms with Crippen LogP contribution in [0, 0.1) is 5.92 Å². The fourth-order valence-corrected chi connectivity index (χ4v) is 2.14. The Morgan fingerprint density at radius 2 is 1.68 bits per heavy atom. The quantitative estimate of drug-likeness (QED) is 0.752. The maximum Gasteiger partial charge on any atom is 0.0897 e. The van der Waals surface area contributed by atoms with E-state index in [0.717, 1.165) is 19.4 Å². The van der Waals surface area contributed by atoms with E-state index in [4.69, 9.17) is 5.11 Å². The number of aliphatic hydroxyl groups excluding tert-OH is 2. The molecule has 0 spiro atoms. The van der Waals surface area contributed by atoms with Gasteiger partial charge in [0.1, 0.15) is 0 Å². The molecule has 1 rings (SSSR count). The zero-order chi connectivity index (χ0) is 14.3. The van der Waals surface area contributed by atoms with Crippen LogP contribution < -0.4 is 0 Å². The Kier molecular flexibility index (Phi) is 7.06. The van der Waals surface area contributed by atoms with E-state index < -0.39 is 6.10 Å². The third-order valence-corrected chi connectivity index (χ3v) is 3.18. The first-order chi connectivity index (χ1) is 9.01. The van der Waals surface area contributed by atoms with Crippen molar-refractivity contribution in [2.75, 3.05) is 26.7 Å². The molecule has 0 radical (unpaired) electrons. The molecule has 1 aromatic rings. The van der Waals surface area contributed by atoms with Crippen LogP contribution in [0.5, 0.6) is 0 Å². The highest BCUT2D eigenvalue weighted by Crippen LogP contribution is 2.10. The lowest BCUT2D eigenvalue weighted by Crippen LogP contribution is -2.32. The minimum atomic E-state index is -0.640. The molecular weight excluding hydrogens is 238 g/mol. The molecule has 0 aliphatic carbocycles. The van der Waals surface area contributed by atoms with Gasteiger partial charge in [-0.1, -0.05) is 38.1 Å². The second kappa shape index (κ2) is 8.31. The molecule has 1 atom stereocenters. The first-order valence-corrected chi connectivity index (χ1v) is 7.06. The number of likely N-dealkylation sites (N-methyl/N-ethyl adjacent to an activating group) is 1. The summed E-state index contributed by atoms with van der Waals surface area (Å²) in [5.74, 6) is 0.692. The second-order valence-corrected chi connectivity index (χ2v) is 5.76. The summed E-state index contributed by atoms with van der Waals surface area (Å²) < 4.78 is 0. The summed E-state index contributed by atoms with van der Waals surface area (Å²) >= 11 is 0. The van der Waals surface area contributed by atoms with Crippen molar-refractivity contribution >= 4 is 0 Å². The molecule has 0 saturated carbocycles. The number of benzene rings is 1. The van der Waals surface area contributed by atoms with Gasteiger partial charge in [-0.2, -0.15) is 0 Å². The minimum absolute atomic E-state index is 0.172. The Labute approximate surface area is 116 Å². The predicted octanol–water partition coefficient (Wildman–Crippen LogP) is 1.71. The van der Waals surface area contributed by atoms with Crippen LogP contribution in [-0.4, -0.2) is 48.0 Å². The Morgan fingerprint density at radius 1 is 1.11 bits per heavy atom. The third-order valence-electron chi connectivity index (χ3n) is 3.18. The van der Waals surface area contributed by atoms with Gasteiger partial charge < -0.3 is 15.1 Å². The molecule has 2 N–H and O–H groups in total. The molecule has 0 aromatic heterocycles. The van der Waals surface area contributed by atoms with Crippen LogP contribution >= 0.6 is 0 Å². The third kappa shape index (κ3) is 6.71. The molecule has 108 valence electrons. The van der Waals surface area contributed by atoms with E-state index in [1.54, 1.807) is 0 Å². The van der Waals surface area contributed by atoms with Gasteiger partial charge in [-0.25, -0.2) is 0 Å². The molecular formula is C16H27NO2. The highest BCUT2D eigenvalue weighted by atomic mass is 16.3. The normalized spacial score (nSPS) is 13.2. The van der Waals surface area contributed by atoms with Crippen LogP contribution in [0.3, 0.4) is 0 Å². The Bertz CT molecular complexity index is 348.